The highest BCUT2D eigenvalue weighted by molar-refractivity contribution is 7.85. The van der Waals surface area contributed by atoms with Crippen LogP contribution in [0.25, 0.3) is 0 Å². The lowest BCUT2D eigenvalue weighted by atomic mass is 10.2. The van der Waals surface area contributed by atoms with Crippen molar-refractivity contribution >= 4 is 27.1 Å². The zero-order chi connectivity index (χ0) is 11.6. The average Bonchev–Trinajstić information content (AvgIpc) is 1.99. The third-order valence-corrected chi connectivity index (χ3v) is 3.08. The molecule has 0 bridgehead atoms. The monoisotopic (exact) mass is 251 g/mol. The van der Waals surface area contributed by atoms with E-state index >= 15 is 0 Å². The Balaban J connectivity index is 3.15. The molecule has 1 atom stereocenters. The highest BCUT2D eigenvalue weighted by Gasteiger charge is 2.13. The van der Waals surface area contributed by atoms with Crippen LogP contribution in [0.3, 0.4) is 0 Å². The lowest BCUT2D eigenvalue weighted by Gasteiger charge is -2.05. The fraction of sp³-hybridized carbons (Fsp3) is 0.143. The van der Waals surface area contributed by atoms with E-state index in [0.29, 0.717) is 5.69 Å². The van der Waals surface area contributed by atoms with Crippen LogP contribution >= 0.6 is 0 Å². The van der Waals surface area contributed by atoms with Gasteiger partial charge in [-0.3, -0.25) is 13.8 Å². The molecule has 84 valence electrons. The first kappa shape index (κ1) is 12.1. The molecule has 0 aromatic heterocycles. The van der Waals surface area contributed by atoms with E-state index in [0.717, 1.165) is 6.07 Å². The Bertz CT molecular complexity index is 496. The average molecular weight is 251 g/mol. The SMILES string of the molecule is Cc1cc(NS(=O)O)ccc1S(=O)(=O)O. The maximum Gasteiger partial charge on any atom is 0.294 e. The van der Waals surface area contributed by atoms with Gasteiger partial charge in [-0.05, 0) is 30.7 Å². The van der Waals surface area contributed by atoms with Gasteiger partial charge in [-0.15, -0.1) is 0 Å². The second-order valence-corrected chi connectivity index (χ2v) is 4.90. The summed E-state index contributed by atoms with van der Waals surface area (Å²) in [6.45, 7) is 1.47. The van der Waals surface area contributed by atoms with E-state index in [1.807, 2.05) is 0 Å². The Morgan fingerprint density at radius 1 is 1.40 bits per heavy atom. The normalized spacial score (nSPS) is 13.5. The van der Waals surface area contributed by atoms with E-state index < -0.39 is 21.4 Å². The van der Waals surface area contributed by atoms with Gasteiger partial charge >= 0.3 is 0 Å². The van der Waals surface area contributed by atoms with Gasteiger partial charge < -0.3 is 0 Å². The molecule has 0 aliphatic rings. The molecule has 1 aromatic rings. The van der Waals surface area contributed by atoms with Gasteiger partial charge in [0.1, 0.15) is 0 Å². The maximum absolute atomic E-state index is 10.8. The predicted molar refractivity (Wildman–Crippen MR) is 55.4 cm³/mol. The van der Waals surface area contributed by atoms with Crippen LogP contribution in [0.1, 0.15) is 5.56 Å². The van der Waals surface area contributed by atoms with E-state index in [1.165, 1.54) is 19.1 Å². The standard InChI is InChI=1S/C7H9NO5S2/c1-5-4-6(8-14(9)10)2-3-7(5)15(11,12)13/h2-4,8H,1H3,(H,9,10)(H,11,12,13). The minimum atomic E-state index is -4.24. The van der Waals surface area contributed by atoms with E-state index in [-0.39, 0.29) is 10.5 Å². The van der Waals surface area contributed by atoms with Gasteiger partial charge in [0, 0.05) is 5.69 Å². The van der Waals surface area contributed by atoms with Gasteiger partial charge in [0.05, 0.1) is 4.90 Å². The molecule has 1 unspecified atom stereocenters. The summed E-state index contributed by atoms with van der Waals surface area (Å²) in [7, 11) is -4.24. The topological polar surface area (TPSA) is 104 Å². The Morgan fingerprint density at radius 2 is 2.00 bits per heavy atom. The van der Waals surface area contributed by atoms with Gasteiger partial charge in [0.2, 0.25) is 0 Å². The fourth-order valence-electron chi connectivity index (χ4n) is 1.10. The van der Waals surface area contributed by atoms with Gasteiger partial charge in [-0.25, -0.2) is 4.21 Å². The van der Waals surface area contributed by atoms with Gasteiger partial charge in [0.15, 0.2) is 0 Å². The summed E-state index contributed by atoms with van der Waals surface area (Å²) in [5, 5.41) is 0. The van der Waals surface area contributed by atoms with Crippen LogP contribution in [0.4, 0.5) is 5.69 Å². The molecule has 1 aromatic carbocycles. The molecule has 8 heteroatoms. The summed E-state index contributed by atoms with van der Waals surface area (Å²) in [6, 6.07) is 3.78. The van der Waals surface area contributed by atoms with E-state index in [9.17, 15) is 12.6 Å². The first-order chi connectivity index (χ1) is 6.80. The lowest BCUT2D eigenvalue weighted by molar-refractivity contribution is 0.482. The molecule has 1 rings (SSSR count). The molecule has 0 aliphatic carbocycles. The van der Waals surface area contributed by atoms with E-state index in [1.54, 1.807) is 0 Å². The molecule has 0 fully saturated rings. The van der Waals surface area contributed by atoms with Crippen LogP contribution in [-0.2, 0) is 21.4 Å². The Morgan fingerprint density at radius 3 is 2.40 bits per heavy atom. The van der Waals surface area contributed by atoms with Crippen LogP contribution in [0.5, 0.6) is 0 Å². The van der Waals surface area contributed by atoms with Crippen molar-refractivity contribution in [2.75, 3.05) is 4.72 Å². The van der Waals surface area contributed by atoms with Crippen molar-refractivity contribution in [3.05, 3.63) is 23.8 Å². The molecule has 0 radical (unpaired) electrons. The molecule has 0 saturated heterocycles. The number of hydrogen-bond donors (Lipinski definition) is 3. The van der Waals surface area contributed by atoms with Crippen molar-refractivity contribution in [1.82, 2.24) is 0 Å². The molecule has 0 heterocycles. The molecule has 0 saturated carbocycles. The summed E-state index contributed by atoms with van der Waals surface area (Å²) in [6.07, 6.45) is 0. The maximum atomic E-state index is 10.8. The van der Waals surface area contributed by atoms with Crippen molar-refractivity contribution in [3.63, 3.8) is 0 Å². The lowest BCUT2D eigenvalue weighted by Crippen LogP contribution is -2.04. The largest absolute Gasteiger partial charge is 0.294 e. The third kappa shape index (κ3) is 3.27. The molecule has 15 heavy (non-hydrogen) atoms. The Hall–Kier alpha value is -0.960. The quantitative estimate of drug-likeness (QED) is 0.544. The van der Waals surface area contributed by atoms with Crippen molar-refractivity contribution < 1.29 is 21.7 Å². The van der Waals surface area contributed by atoms with Gasteiger partial charge in [0.25, 0.3) is 21.4 Å². The van der Waals surface area contributed by atoms with Crippen LogP contribution in [-0.4, -0.2) is 21.7 Å². The molecule has 0 aliphatic heterocycles. The molecule has 0 amide bonds. The number of nitrogens with one attached hydrogen (secondary N) is 1. The smallest absolute Gasteiger partial charge is 0.289 e. The van der Waals surface area contributed by atoms with Crippen LogP contribution in [0.15, 0.2) is 23.1 Å². The highest BCUT2D eigenvalue weighted by Crippen LogP contribution is 2.19. The molecular formula is C7H9NO5S2. The predicted octanol–water partition coefficient (Wildman–Crippen LogP) is 0.790. The molecule has 3 N–H and O–H groups in total. The van der Waals surface area contributed by atoms with Gasteiger partial charge in [-0.2, -0.15) is 8.42 Å². The van der Waals surface area contributed by atoms with E-state index in [4.69, 9.17) is 9.11 Å². The van der Waals surface area contributed by atoms with Crippen molar-refractivity contribution in [2.24, 2.45) is 0 Å². The van der Waals surface area contributed by atoms with Crippen molar-refractivity contribution in [2.45, 2.75) is 11.8 Å². The first-order valence-electron chi connectivity index (χ1n) is 3.76. The number of hydrogen-bond acceptors (Lipinski definition) is 3. The number of aryl methyl sites for hydroxylation is 1. The Kier molecular flexibility index (Phi) is 3.45. The Labute approximate surface area is 89.5 Å². The molecular weight excluding hydrogens is 242 g/mol. The zero-order valence-electron chi connectivity index (χ0n) is 7.67. The summed E-state index contributed by atoms with van der Waals surface area (Å²) >= 11 is -2.21. The second kappa shape index (κ2) is 4.27. The number of anilines is 1. The zero-order valence-corrected chi connectivity index (χ0v) is 9.30. The van der Waals surface area contributed by atoms with Crippen molar-refractivity contribution in [3.8, 4) is 0 Å². The first-order valence-corrected chi connectivity index (χ1v) is 6.31. The minimum absolute atomic E-state index is 0.225. The van der Waals surface area contributed by atoms with Crippen LogP contribution < -0.4 is 4.72 Å². The number of rotatable bonds is 3. The highest BCUT2D eigenvalue weighted by atomic mass is 32.2. The summed E-state index contributed by atoms with van der Waals surface area (Å²) in [5.41, 5.74) is 0.577. The van der Waals surface area contributed by atoms with E-state index in [2.05, 4.69) is 4.72 Å². The van der Waals surface area contributed by atoms with Crippen LogP contribution in [0, 0.1) is 6.92 Å². The summed E-state index contributed by atoms with van der Waals surface area (Å²) in [4.78, 5) is -0.225. The number of benzene rings is 1. The fourth-order valence-corrected chi connectivity index (χ4v) is 2.14. The summed E-state index contributed by atoms with van der Waals surface area (Å²) < 4.78 is 51.5. The van der Waals surface area contributed by atoms with Crippen molar-refractivity contribution in [1.29, 1.82) is 0 Å². The molecule has 6 nitrogen and oxygen atoms in total. The second-order valence-electron chi connectivity index (χ2n) is 2.81. The third-order valence-electron chi connectivity index (χ3n) is 1.66. The van der Waals surface area contributed by atoms with Gasteiger partial charge in [-0.1, -0.05) is 0 Å². The minimum Gasteiger partial charge on any atom is -0.289 e. The summed E-state index contributed by atoms with van der Waals surface area (Å²) in [5.74, 6) is 0. The van der Waals surface area contributed by atoms with Crippen LogP contribution in [0.2, 0.25) is 0 Å². The molecule has 0 spiro atoms.